The van der Waals surface area contributed by atoms with Crippen LogP contribution in [0.15, 0.2) is 0 Å². The fourth-order valence-electron chi connectivity index (χ4n) is 1.75. The maximum Gasteiger partial charge on any atom is 0.151 e. The van der Waals surface area contributed by atoms with Crippen molar-refractivity contribution in [3.63, 3.8) is 0 Å². The highest BCUT2D eigenvalue weighted by Crippen LogP contribution is 2.11. The summed E-state index contributed by atoms with van der Waals surface area (Å²) in [7, 11) is -2.86. The SMILES string of the molecule is CCCCCCCCCCC[CH]S(C)(=O)=O. The zero-order valence-corrected chi connectivity index (χ0v) is 11.7. The molecule has 0 N–H and O–H groups in total. The number of hydrogen-bond acceptors (Lipinski definition) is 2. The minimum absolute atomic E-state index is 0.717. The Morgan fingerprint density at radius 2 is 1.25 bits per heavy atom. The summed E-state index contributed by atoms with van der Waals surface area (Å²) in [5.41, 5.74) is 0. The van der Waals surface area contributed by atoms with Crippen LogP contribution in [0.5, 0.6) is 0 Å². The van der Waals surface area contributed by atoms with E-state index < -0.39 is 9.84 Å². The summed E-state index contributed by atoms with van der Waals surface area (Å²) in [4.78, 5) is 0. The van der Waals surface area contributed by atoms with Gasteiger partial charge >= 0.3 is 0 Å². The van der Waals surface area contributed by atoms with E-state index in [-0.39, 0.29) is 0 Å². The fraction of sp³-hybridized carbons (Fsp3) is 0.923. The molecule has 0 unspecified atom stereocenters. The second-order valence-corrected chi connectivity index (χ2v) is 6.61. The molecule has 0 aromatic rings. The van der Waals surface area contributed by atoms with Crippen molar-refractivity contribution in [1.82, 2.24) is 0 Å². The third-order valence-electron chi connectivity index (χ3n) is 2.73. The Morgan fingerprint density at radius 1 is 0.812 bits per heavy atom. The van der Waals surface area contributed by atoms with E-state index in [9.17, 15) is 8.42 Å². The summed E-state index contributed by atoms with van der Waals surface area (Å²) in [6, 6.07) is 0. The summed E-state index contributed by atoms with van der Waals surface area (Å²) >= 11 is 0. The Labute approximate surface area is 102 Å². The average molecular weight is 247 g/mol. The Kier molecular flexibility index (Phi) is 10.1. The lowest BCUT2D eigenvalue weighted by atomic mass is 10.1. The first-order valence-electron chi connectivity index (χ1n) is 6.59. The Hall–Kier alpha value is -0.0500. The Morgan fingerprint density at radius 3 is 1.69 bits per heavy atom. The van der Waals surface area contributed by atoms with Crippen LogP contribution in [-0.2, 0) is 9.84 Å². The summed E-state index contributed by atoms with van der Waals surface area (Å²) < 4.78 is 21.6. The van der Waals surface area contributed by atoms with Crippen molar-refractivity contribution in [1.29, 1.82) is 0 Å². The molecule has 0 aliphatic rings. The molecule has 0 atom stereocenters. The van der Waals surface area contributed by atoms with Gasteiger partial charge in [0.2, 0.25) is 0 Å². The van der Waals surface area contributed by atoms with Crippen molar-refractivity contribution in [2.75, 3.05) is 6.26 Å². The summed E-state index contributed by atoms with van der Waals surface area (Å²) in [5, 5.41) is 0. The van der Waals surface area contributed by atoms with Gasteiger partial charge in [-0.2, -0.15) is 0 Å². The molecule has 0 fully saturated rings. The van der Waals surface area contributed by atoms with Gasteiger partial charge in [-0.3, -0.25) is 0 Å². The van der Waals surface area contributed by atoms with Crippen LogP contribution in [0.2, 0.25) is 0 Å². The Balaban J connectivity index is 3.05. The van der Waals surface area contributed by atoms with Crippen LogP contribution in [0.3, 0.4) is 0 Å². The zero-order chi connectivity index (χ0) is 12.3. The van der Waals surface area contributed by atoms with Gasteiger partial charge in [-0.25, -0.2) is 8.42 Å². The molecule has 0 aromatic carbocycles. The van der Waals surface area contributed by atoms with Crippen molar-refractivity contribution in [3.8, 4) is 0 Å². The third kappa shape index (κ3) is 13.9. The highest BCUT2D eigenvalue weighted by molar-refractivity contribution is 7.92. The van der Waals surface area contributed by atoms with Gasteiger partial charge in [-0.1, -0.05) is 64.7 Å². The molecule has 0 aliphatic carbocycles. The molecule has 0 amide bonds. The second-order valence-electron chi connectivity index (χ2n) is 4.61. The third-order valence-corrected chi connectivity index (χ3v) is 3.57. The zero-order valence-electron chi connectivity index (χ0n) is 10.9. The molecule has 0 spiro atoms. The fourth-order valence-corrected chi connectivity index (χ4v) is 2.35. The molecular weight excluding hydrogens is 220 g/mol. The van der Waals surface area contributed by atoms with E-state index in [0.29, 0.717) is 6.42 Å². The molecule has 0 rings (SSSR count). The molecule has 0 saturated heterocycles. The number of unbranched alkanes of at least 4 members (excludes halogenated alkanes) is 9. The quantitative estimate of drug-likeness (QED) is 0.515. The highest BCUT2D eigenvalue weighted by atomic mass is 32.2. The maximum absolute atomic E-state index is 10.8. The van der Waals surface area contributed by atoms with E-state index in [1.807, 2.05) is 0 Å². The molecule has 0 bridgehead atoms. The number of rotatable bonds is 11. The lowest BCUT2D eigenvalue weighted by Crippen LogP contribution is -1.95. The first kappa shape index (κ1) is 16.0. The van der Waals surface area contributed by atoms with E-state index >= 15 is 0 Å². The number of hydrogen-bond donors (Lipinski definition) is 0. The maximum atomic E-state index is 10.8. The van der Waals surface area contributed by atoms with Crippen LogP contribution < -0.4 is 0 Å². The van der Waals surface area contributed by atoms with E-state index in [4.69, 9.17) is 0 Å². The van der Waals surface area contributed by atoms with E-state index in [2.05, 4.69) is 6.92 Å². The predicted molar refractivity (Wildman–Crippen MR) is 71.0 cm³/mol. The van der Waals surface area contributed by atoms with E-state index in [1.165, 1.54) is 63.4 Å². The lowest BCUT2D eigenvalue weighted by Gasteiger charge is -2.01. The van der Waals surface area contributed by atoms with Gasteiger partial charge in [-0.05, 0) is 6.42 Å². The molecule has 2 nitrogen and oxygen atoms in total. The first-order valence-corrected chi connectivity index (χ1v) is 8.55. The van der Waals surface area contributed by atoms with Crippen molar-refractivity contribution >= 4 is 9.84 Å². The van der Waals surface area contributed by atoms with Crippen LogP contribution in [0.1, 0.15) is 71.1 Å². The van der Waals surface area contributed by atoms with Gasteiger partial charge in [0.15, 0.2) is 9.84 Å². The van der Waals surface area contributed by atoms with Gasteiger partial charge in [0.1, 0.15) is 0 Å². The van der Waals surface area contributed by atoms with Crippen LogP contribution in [-0.4, -0.2) is 14.7 Å². The minimum atomic E-state index is -2.86. The molecule has 0 saturated carbocycles. The van der Waals surface area contributed by atoms with Crippen molar-refractivity contribution in [2.24, 2.45) is 0 Å². The van der Waals surface area contributed by atoms with Gasteiger partial charge in [0.05, 0.1) is 5.75 Å². The molecule has 0 aromatic heterocycles. The lowest BCUT2D eigenvalue weighted by molar-refractivity contribution is 0.563. The van der Waals surface area contributed by atoms with Crippen LogP contribution in [0.25, 0.3) is 0 Å². The van der Waals surface area contributed by atoms with Crippen LogP contribution in [0.4, 0.5) is 0 Å². The van der Waals surface area contributed by atoms with Crippen LogP contribution >= 0.6 is 0 Å². The highest BCUT2D eigenvalue weighted by Gasteiger charge is 2.01. The topological polar surface area (TPSA) is 34.1 Å². The predicted octanol–water partition coefficient (Wildman–Crippen LogP) is 4.11. The first-order chi connectivity index (χ1) is 7.56. The molecule has 3 heteroatoms. The summed E-state index contributed by atoms with van der Waals surface area (Å²) in [5.74, 6) is 1.44. The van der Waals surface area contributed by atoms with E-state index in [1.54, 1.807) is 0 Å². The summed E-state index contributed by atoms with van der Waals surface area (Å²) in [6.07, 6.45) is 13.5. The van der Waals surface area contributed by atoms with Crippen molar-refractivity contribution in [2.45, 2.75) is 71.1 Å². The standard InChI is InChI=1S/C13H27O2S/c1-3-4-5-6-7-8-9-10-11-12-13-16(2,14)15/h13H,3-12H2,1-2H3. The number of sulfone groups is 1. The van der Waals surface area contributed by atoms with Gasteiger partial charge in [0.25, 0.3) is 0 Å². The van der Waals surface area contributed by atoms with E-state index in [0.717, 1.165) is 6.42 Å². The van der Waals surface area contributed by atoms with Gasteiger partial charge in [0, 0.05) is 6.26 Å². The average Bonchev–Trinajstić information content (AvgIpc) is 2.19. The molecule has 0 aliphatic heterocycles. The molecular formula is C13H27O2S. The monoisotopic (exact) mass is 247 g/mol. The van der Waals surface area contributed by atoms with Crippen molar-refractivity contribution < 1.29 is 8.42 Å². The van der Waals surface area contributed by atoms with Gasteiger partial charge in [-0.15, -0.1) is 0 Å². The summed E-state index contributed by atoms with van der Waals surface area (Å²) in [6.45, 7) is 2.23. The molecule has 0 heterocycles. The molecule has 97 valence electrons. The van der Waals surface area contributed by atoms with Gasteiger partial charge < -0.3 is 0 Å². The van der Waals surface area contributed by atoms with Crippen molar-refractivity contribution in [3.05, 3.63) is 5.75 Å². The minimum Gasteiger partial charge on any atom is -0.229 e. The largest absolute Gasteiger partial charge is 0.229 e. The Bertz CT molecular complexity index is 232. The smallest absolute Gasteiger partial charge is 0.151 e. The molecule has 16 heavy (non-hydrogen) atoms. The normalized spacial score (nSPS) is 11.9. The second kappa shape index (κ2) is 10.1. The van der Waals surface area contributed by atoms with Crippen LogP contribution in [0, 0.1) is 5.75 Å². The molecule has 1 radical (unpaired) electrons.